The largest absolute Gasteiger partial charge is 0.506 e. The fourth-order valence-corrected chi connectivity index (χ4v) is 5.06. The number of aromatic hydroxyl groups is 1. The van der Waals surface area contributed by atoms with Gasteiger partial charge in [0.15, 0.2) is 16.4 Å². The molecule has 132 valence electrons. The number of sulfone groups is 1. The zero-order valence-electron chi connectivity index (χ0n) is 13.6. The zero-order chi connectivity index (χ0) is 17.2. The Morgan fingerprint density at radius 2 is 2.00 bits per heavy atom. The second kappa shape index (κ2) is 6.98. The minimum atomic E-state index is -2.97. The Morgan fingerprint density at radius 1 is 1.29 bits per heavy atom. The van der Waals surface area contributed by atoms with Gasteiger partial charge in [-0.05, 0) is 18.6 Å². The molecule has 0 spiro atoms. The lowest BCUT2D eigenvalue weighted by molar-refractivity contribution is -0.892. The van der Waals surface area contributed by atoms with Crippen molar-refractivity contribution in [2.24, 2.45) is 0 Å². The lowest BCUT2D eigenvalue weighted by Crippen LogP contribution is -3.16. The summed E-state index contributed by atoms with van der Waals surface area (Å²) in [5.74, 6) is 0.434. The molecule has 1 aromatic carbocycles. The minimum absolute atomic E-state index is 0.0646. The van der Waals surface area contributed by atoms with Gasteiger partial charge in [0, 0.05) is 6.04 Å². The molecule has 0 bridgehead atoms. The summed E-state index contributed by atoms with van der Waals surface area (Å²) >= 11 is 0. The third-order valence-electron chi connectivity index (χ3n) is 4.70. The summed E-state index contributed by atoms with van der Waals surface area (Å²) in [6, 6.07) is 7.04. The SMILES string of the molecule is O=C(C[NH+]1CCN(c2ccccc2O)CC1)N[C@H]1CCS(=O)(=O)C1. The van der Waals surface area contributed by atoms with Crippen LogP contribution >= 0.6 is 0 Å². The maximum absolute atomic E-state index is 12.1. The van der Waals surface area contributed by atoms with Crippen molar-refractivity contribution in [3.05, 3.63) is 24.3 Å². The molecule has 0 radical (unpaired) electrons. The number of hydrogen-bond acceptors (Lipinski definition) is 5. The van der Waals surface area contributed by atoms with Crippen LogP contribution in [0.15, 0.2) is 24.3 Å². The number of benzene rings is 1. The van der Waals surface area contributed by atoms with Crippen molar-refractivity contribution in [1.29, 1.82) is 0 Å². The third-order valence-corrected chi connectivity index (χ3v) is 6.47. The maximum atomic E-state index is 12.1. The number of piperazine rings is 1. The van der Waals surface area contributed by atoms with Crippen molar-refractivity contribution in [3.8, 4) is 5.75 Å². The number of para-hydroxylation sites is 2. The second-order valence-corrected chi connectivity index (χ2v) is 8.80. The number of carbonyl (C=O) groups is 1. The van der Waals surface area contributed by atoms with E-state index in [-0.39, 0.29) is 29.2 Å². The van der Waals surface area contributed by atoms with Crippen molar-refractivity contribution in [2.45, 2.75) is 12.5 Å². The zero-order valence-corrected chi connectivity index (χ0v) is 14.4. The maximum Gasteiger partial charge on any atom is 0.275 e. The molecule has 8 heteroatoms. The van der Waals surface area contributed by atoms with Gasteiger partial charge in [-0.25, -0.2) is 8.42 Å². The van der Waals surface area contributed by atoms with Gasteiger partial charge < -0.3 is 20.2 Å². The summed E-state index contributed by atoms with van der Waals surface area (Å²) in [6.45, 7) is 3.54. The molecule has 1 amide bonds. The predicted molar refractivity (Wildman–Crippen MR) is 91.1 cm³/mol. The highest BCUT2D eigenvalue weighted by molar-refractivity contribution is 7.91. The Bertz CT molecular complexity index is 699. The molecule has 2 aliphatic heterocycles. The number of rotatable bonds is 4. The van der Waals surface area contributed by atoms with Gasteiger partial charge in [0.1, 0.15) is 5.75 Å². The highest BCUT2D eigenvalue weighted by Gasteiger charge is 2.30. The summed E-state index contributed by atoms with van der Waals surface area (Å²) in [5.41, 5.74) is 0.831. The number of quaternary nitrogens is 1. The van der Waals surface area contributed by atoms with Gasteiger partial charge in [-0.1, -0.05) is 12.1 Å². The summed E-state index contributed by atoms with van der Waals surface area (Å²) in [4.78, 5) is 15.4. The number of carbonyl (C=O) groups excluding carboxylic acids is 1. The van der Waals surface area contributed by atoms with Crippen molar-refractivity contribution in [2.75, 3.05) is 49.1 Å². The average molecular weight is 354 g/mol. The average Bonchev–Trinajstić information content (AvgIpc) is 2.87. The van der Waals surface area contributed by atoms with Gasteiger partial charge in [-0.15, -0.1) is 0 Å². The van der Waals surface area contributed by atoms with E-state index in [0.717, 1.165) is 31.9 Å². The summed E-state index contributed by atoms with van der Waals surface area (Å²) in [6.07, 6.45) is 0.518. The third kappa shape index (κ3) is 4.18. The molecule has 0 aliphatic carbocycles. The van der Waals surface area contributed by atoms with Crippen LogP contribution < -0.4 is 15.1 Å². The van der Waals surface area contributed by atoms with Crippen molar-refractivity contribution in [1.82, 2.24) is 5.32 Å². The smallest absolute Gasteiger partial charge is 0.275 e. The first kappa shape index (κ1) is 17.0. The van der Waals surface area contributed by atoms with E-state index in [0.29, 0.717) is 13.0 Å². The van der Waals surface area contributed by atoms with E-state index < -0.39 is 9.84 Å². The molecule has 2 aliphatic rings. The molecule has 7 nitrogen and oxygen atoms in total. The van der Waals surface area contributed by atoms with Crippen LogP contribution in [0, 0.1) is 0 Å². The first-order valence-electron chi connectivity index (χ1n) is 8.29. The fraction of sp³-hybridized carbons (Fsp3) is 0.562. The van der Waals surface area contributed by atoms with E-state index in [1.807, 2.05) is 12.1 Å². The summed E-state index contributed by atoms with van der Waals surface area (Å²) in [7, 11) is -2.97. The van der Waals surface area contributed by atoms with Crippen molar-refractivity contribution in [3.63, 3.8) is 0 Å². The quantitative estimate of drug-likeness (QED) is 0.606. The highest BCUT2D eigenvalue weighted by atomic mass is 32.2. The van der Waals surface area contributed by atoms with Gasteiger partial charge in [0.2, 0.25) is 0 Å². The Labute approximate surface area is 142 Å². The van der Waals surface area contributed by atoms with Crippen LogP contribution in [0.25, 0.3) is 0 Å². The number of phenolic OH excluding ortho intramolecular Hbond substituents is 1. The van der Waals surface area contributed by atoms with E-state index in [1.54, 1.807) is 12.1 Å². The van der Waals surface area contributed by atoms with Gasteiger partial charge in [-0.3, -0.25) is 4.79 Å². The number of anilines is 1. The number of amides is 1. The van der Waals surface area contributed by atoms with Gasteiger partial charge in [0.05, 0.1) is 43.4 Å². The van der Waals surface area contributed by atoms with Gasteiger partial charge in [-0.2, -0.15) is 0 Å². The lowest BCUT2D eigenvalue weighted by atomic mass is 10.2. The molecule has 2 fully saturated rings. The monoisotopic (exact) mass is 354 g/mol. The first-order chi connectivity index (χ1) is 11.4. The van der Waals surface area contributed by atoms with Crippen LogP contribution in [0.3, 0.4) is 0 Å². The Balaban J connectivity index is 1.45. The molecule has 2 saturated heterocycles. The van der Waals surface area contributed by atoms with E-state index >= 15 is 0 Å². The Kier molecular flexibility index (Phi) is 4.96. The van der Waals surface area contributed by atoms with Crippen LogP contribution in [0.5, 0.6) is 5.75 Å². The standard InChI is InChI=1S/C16H23N3O4S/c20-15-4-2-1-3-14(15)19-8-6-18(7-9-19)11-16(21)17-13-5-10-24(22,23)12-13/h1-4,13,20H,5-12H2,(H,17,21)/p+1/t13-/m0/s1. The Hall–Kier alpha value is -1.80. The van der Waals surface area contributed by atoms with E-state index in [2.05, 4.69) is 10.2 Å². The predicted octanol–water partition coefficient (Wildman–Crippen LogP) is -1.60. The van der Waals surface area contributed by atoms with Crippen molar-refractivity contribution >= 4 is 21.4 Å². The van der Waals surface area contributed by atoms with Crippen LogP contribution in [-0.4, -0.2) is 69.7 Å². The number of hydrogen-bond donors (Lipinski definition) is 3. The molecule has 1 atom stereocenters. The lowest BCUT2D eigenvalue weighted by Gasteiger charge is -2.33. The topological polar surface area (TPSA) is 91.2 Å². The molecule has 0 unspecified atom stereocenters. The summed E-state index contributed by atoms with van der Waals surface area (Å²) < 4.78 is 22.9. The van der Waals surface area contributed by atoms with Gasteiger partial charge >= 0.3 is 0 Å². The number of nitrogens with one attached hydrogen (secondary N) is 2. The normalized spacial score (nSPS) is 24.0. The number of phenols is 1. The van der Waals surface area contributed by atoms with E-state index in [1.165, 1.54) is 4.90 Å². The molecular weight excluding hydrogens is 330 g/mol. The van der Waals surface area contributed by atoms with Crippen LogP contribution in [0.2, 0.25) is 0 Å². The van der Waals surface area contributed by atoms with Crippen LogP contribution in [0.1, 0.15) is 6.42 Å². The fourth-order valence-electron chi connectivity index (χ4n) is 3.39. The Morgan fingerprint density at radius 3 is 2.62 bits per heavy atom. The second-order valence-electron chi connectivity index (χ2n) is 6.57. The number of nitrogens with zero attached hydrogens (tertiary/aromatic N) is 1. The molecule has 0 aromatic heterocycles. The van der Waals surface area contributed by atoms with Gasteiger partial charge in [0.25, 0.3) is 5.91 Å². The molecule has 2 heterocycles. The highest BCUT2D eigenvalue weighted by Crippen LogP contribution is 2.25. The molecule has 3 N–H and O–H groups in total. The molecule has 24 heavy (non-hydrogen) atoms. The summed E-state index contributed by atoms with van der Waals surface area (Å²) in [5, 5.41) is 12.8. The van der Waals surface area contributed by atoms with Crippen molar-refractivity contribution < 1.29 is 23.2 Å². The molecule has 0 saturated carbocycles. The minimum Gasteiger partial charge on any atom is -0.506 e. The van der Waals surface area contributed by atoms with E-state index in [9.17, 15) is 18.3 Å². The van der Waals surface area contributed by atoms with Crippen LogP contribution in [-0.2, 0) is 14.6 Å². The molecule has 3 rings (SSSR count). The van der Waals surface area contributed by atoms with Crippen LogP contribution in [0.4, 0.5) is 5.69 Å². The molecule has 1 aromatic rings. The van der Waals surface area contributed by atoms with E-state index in [4.69, 9.17) is 0 Å². The first-order valence-corrected chi connectivity index (χ1v) is 10.1. The molecular formula is C16H24N3O4S+.